The predicted molar refractivity (Wildman–Crippen MR) is 62.5 cm³/mol. The van der Waals surface area contributed by atoms with Crippen LogP contribution in [0.25, 0.3) is 0 Å². The lowest BCUT2D eigenvalue weighted by Crippen LogP contribution is -2.42. The second-order valence-electron chi connectivity index (χ2n) is 4.93. The minimum atomic E-state index is -0.522. The van der Waals surface area contributed by atoms with Crippen LogP contribution in [0.2, 0.25) is 0 Å². The fourth-order valence-corrected chi connectivity index (χ4v) is 1.45. The first-order chi connectivity index (χ1) is 7.79. The molecule has 0 N–H and O–H groups in total. The van der Waals surface area contributed by atoms with Crippen molar-refractivity contribution in [3.05, 3.63) is 12.2 Å². The third-order valence-electron chi connectivity index (χ3n) is 2.15. The van der Waals surface area contributed by atoms with Crippen LogP contribution >= 0.6 is 0 Å². The first-order valence-electron chi connectivity index (χ1n) is 5.59. The first kappa shape index (κ1) is 13.5. The van der Waals surface area contributed by atoms with E-state index in [1.807, 2.05) is 32.9 Å². The van der Waals surface area contributed by atoms with Crippen molar-refractivity contribution >= 4 is 12.1 Å². The summed E-state index contributed by atoms with van der Waals surface area (Å²) in [5, 5.41) is 0. The Bertz CT molecular complexity index is 330. The lowest BCUT2D eigenvalue weighted by Gasteiger charge is -2.28. The number of carbonyl (C=O) groups is 2. The smallest absolute Gasteiger partial charge is 0.411 e. The SMILES string of the molecule is CC(=O)OC[C@@H]1C=CCN1C(=O)OC(C)(C)C. The van der Waals surface area contributed by atoms with Crippen LogP contribution in [0.15, 0.2) is 12.2 Å². The van der Waals surface area contributed by atoms with Gasteiger partial charge in [0.1, 0.15) is 12.2 Å². The number of rotatable bonds is 2. The van der Waals surface area contributed by atoms with Gasteiger partial charge in [-0.05, 0) is 20.8 Å². The molecule has 0 aliphatic carbocycles. The summed E-state index contributed by atoms with van der Waals surface area (Å²) in [7, 11) is 0. The van der Waals surface area contributed by atoms with Crippen LogP contribution in [-0.4, -0.2) is 41.8 Å². The van der Waals surface area contributed by atoms with Crippen LogP contribution in [0, 0.1) is 0 Å². The summed E-state index contributed by atoms with van der Waals surface area (Å²) >= 11 is 0. The highest BCUT2D eigenvalue weighted by Gasteiger charge is 2.29. The fraction of sp³-hybridized carbons (Fsp3) is 0.667. The average Bonchev–Trinajstić information content (AvgIpc) is 2.59. The maximum atomic E-state index is 11.8. The van der Waals surface area contributed by atoms with Gasteiger partial charge < -0.3 is 9.47 Å². The Kier molecular flexibility index (Phi) is 4.15. The van der Waals surface area contributed by atoms with E-state index >= 15 is 0 Å². The molecule has 0 fully saturated rings. The van der Waals surface area contributed by atoms with Crippen molar-refractivity contribution in [1.29, 1.82) is 0 Å². The molecule has 96 valence electrons. The van der Waals surface area contributed by atoms with E-state index in [0.717, 1.165) is 0 Å². The number of nitrogens with zero attached hydrogens (tertiary/aromatic N) is 1. The summed E-state index contributed by atoms with van der Waals surface area (Å²) in [6.07, 6.45) is 3.31. The highest BCUT2D eigenvalue weighted by Crippen LogP contribution is 2.16. The summed E-state index contributed by atoms with van der Waals surface area (Å²) in [6.45, 7) is 7.45. The van der Waals surface area contributed by atoms with Gasteiger partial charge in [0.15, 0.2) is 0 Å². The van der Waals surface area contributed by atoms with E-state index in [4.69, 9.17) is 9.47 Å². The monoisotopic (exact) mass is 241 g/mol. The van der Waals surface area contributed by atoms with Crippen molar-refractivity contribution in [1.82, 2.24) is 4.90 Å². The predicted octanol–water partition coefficient (Wildman–Crippen LogP) is 1.72. The second-order valence-corrected chi connectivity index (χ2v) is 4.93. The summed E-state index contributed by atoms with van der Waals surface area (Å²) in [5.74, 6) is -0.352. The van der Waals surface area contributed by atoms with Crippen LogP contribution in [0.5, 0.6) is 0 Å². The number of hydrogen-bond donors (Lipinski definition) is 0. The van der Waals surface area contributed by atoms with E-state index in [2.05, 4.69) is 0 Å². The normalized spacial score (nSPS) is 19.3. The molecule has 17 heavy (non-hydrogen) atoms. The van der Waals surface area contributed by atoms with E-state index in [-0.39, 0.29) is 24.7 Å². The molecule has 1 atom stereocenters. The van der Waals surface area contributed by atoms with Crippen molar-refractivity contribution in [3.63, 3.8) is 0 Å². The molecule has 0 aromatic rings. The Labute approximate surface area is 101 Å². The molecule has 1 rings (SSSR count). The zero-order valence-corrected chi connectivity index (χ0v) is 10.7. The van der Waals surface area contributed by atoms with Crippen LogP contribution in [0.4, 0.5) is 4.79 Å². The molecule has 1 aliphatic heterocycles. The molecule has 1 aliphatic rings. The minimum absolute atomic E-state index is 0.172. The average molecular weight is 241 g/mol. The third kappa shape index (κ3) is 4.46. The summed E-state index contributed by atoms with van der Waals surface area (Å²) in [4.78, 5) is 24.1. The number of ether oxygens (including phenoxy) is 2. The molecular formula is C12H19NO4. The first-order valence-corrected chi connectivity index (χ1v) is 5.59. The lowest BCUT2D eigenvalue weighted by atomic mass is 10.2. The van der Waals surface area contributed by atoms with Gasteiger partial charge in [-0.15, -0.1) is 0 Å². The number of esters is 1. The molecule has 0 bridgehead atoms. The highest BCUT2D eigenvalue weighted by atomic mass is 16.6. The molecule has 1 amide bonds. The third-order valence-corrected chi connectivity index (χ3v) is 2.15. The maximum Gasteiger partial charge on any atom is 0.411 e. The standard InChI is InChI=1S/C12H19NO4/c1-9(14)16-8-10-6-5-7-13(10)11(15)17-12(2,3)4/h5-6,10H,7-8H2,1-4H3/t10-/m0/s1. The zero-order chi connectivity index (χ0) is 13.1. The largest absolute Gasteiger partial charge is 0.463 e. The van der Waals surface area contributed by atoms with Crippen LogP contribution in [-0.2, 0) is 14.3 Å². The molecule has 5 nitrogen and oxygen atoms in total. The Hall–Kier alpha value is -1.52. The van der Waals surface area contributed by atoms with Gasteiger partial charge in [0.05, 0.1) is 6.04 Å². The van der Waals surface area contributed by atoms with Crippen molar-refractivity contribution in [2.75, 3.05) is 13.2 Å². The summed E-state index contributed by atoms with van der Waals surface area (Å²) < 4.78 is 10.2. The molecule has 0 spiro atoms. The molecule has 0 aromatic heterocycles. The van der Waals surface area contributed by atoms with Gasteiger partial charge in [-0.25, -0.2) is 4.79 Å². The van der Waals surface area contributed by atoms with E-state index in [1.54, 1.807) is 0 Å². The molecule has 0 unspecified atom stereocenters. The van der Waals surface area contributed by atoms with Gasteiger partial charge in [0, 0.05) is 13.5 Å². The van der Waals surface area contributed by atoms with Crippen LogP contribution in [0.3, 0.4) is 0 Å². The molecule has 0 aromatic carbocycles. The topological polar surface area (TPSA) is 55.8 Å². The van der Waals surface area contributed by atoms with E-state index in [1.165, 1.54) is 11.8 Å². The van der Waals surface area contributed by atoms with Crippen molar-refractivity contribution in [3.8, 4) is 0 Å². The Balaban J connectivity index is 2.52. The second kappa shape index (κ2) is 5.21. The Morgan fingerprint density at radius 2 is 2.06 bits per heavy atom. The Morgan fingerprint density at radius 3 is 2.59 bits per heavy atom. The van der Waals surface area contributed by atoms with Crippen LogP contribution in [0.1, 0.15) is 27.7 Å². The van der Waals surface area contributed by atoms with Gasteiger partial charge in [-0.1, -0.05) is 12.2 Å². The molecule has 5 heteroatoms. The minimum Gasteiger partial charge on any atom is -0.463 e. The maximum absolute atomic E-state index is 11.8. The number of hydrogen-bond acceptors (Lipinski definition) is 4. The van der Waals surface area contributed by atoms with E-state index in [9.17, 15) is 9.59 Å². The number of amides is 1. The molecule has 0 saturated heterocycles. The lowest BCUT2D eigenvalue weighted by molar-refractivity contribution is -0.142. The van der Waals surface area contributed by atoms with Gasteiger partial charge >= 0.3 is 12.1 Å². The fourth-order valence-electron chi connectivity index (χ4n) is 1.45. The van der Waals surface area contributed by atoms with Gasteiger partial charge in [0.2, 0.25) is 0 Å². The van der Waals surface area contributed by atoms with Crippen molar-refractivity contribution < 1.29 is 19.1 Å². The van der Waals surface area contributed by atoms with Gasteiger partial charge in [-0.2, -0.15) is 0 Å². The van der Waals surface area contributed by atoms with E-state index < -0.39 is 5.60 Å². The van der Waals surface area contributed by atoms with Crippen LogP contribution < -0.4 is 0 Å². The summed E-state index contributed by atoms with van der Waals surface area (Å²) in [6, 6.07) is -0.228. The molecule has 1 heterocycles. The summed E-state index contributed by atoms with van der Waals surface area (Å²) in [5.41, 5.74) is -0.522. The molecule has 0 radical (unpaired) electrons. The Morgan fingerprint density at radius 1 is 1.41 bits per heavy atom. The van der Waals surface area contributed by atoms with E-state index in [0.29, 0.717) is 6.54 Å². The highest BCUT2D eigenvalue weighted by molar-refractivity contribution is 5.70. The van der Waals surface area contributed by atoms with Crippen molar-refractivity contribution in [2.45, 2.75) is 39.3 Å². The van der Waals surface area contributed by atoms with Gasteiger partial charge in [0.25, 0.3) is 0 Å². The van der Waals surface area contributed by atoms with Crippen molar-refractivity contribution in [2.24, 2.45) is 0 Å². The molecular weight excluding hydrogens is 222 g/mol. The zero-order valence-electron chi connectivity index (χ0n) is 10.7. The number of carbonyl (C=O) groups excluding carboxylic acids is 2. The molecule has 0 saturated carbocycles. The van der Waals surface area contributed by atoms with Gasteiger partial charge in [-0.3, -0.25) is 9.69 Å². The quantitative estimate of drug-likeness (QED) is 0.545.